The molecule has 3 heterocycles. The Hall–Kier alpha value is -1.69. The smallest absolute Gasteiger partial charge is 0.270 e. The van der Waals surface area contributed by atoms with Crippen molar-refractivity contribution in [1.29, 1.82) is 0 Å². The molecule has 0 aromatic heterocycles. The third kappa shape index (κ3) is 2.53. The Kier molecular flexibility index (Phi) is 3.98. The summed E-state index contributed by atoms with van der Waals surface area (Å²) in [7, 11) is 0. The minimum Gasteiger partial charge on any atom is -0.459 e. The van der Waals surface area contributed by atoms with Crippen LogP contribution in [-0.4, -0.2) is 42.2 Å². The molecule has 1 spiro atoms. The number of carbonyl (C=O) groups excluding carboxylic acids is 1. The summed E-state index contributed by atoms with van der Waals surface area (Å²) in [4.78, 5) is 14.6. The lowest BCUT2D eigenvalue weighted by atomic mass is 9.95. The van der Waals surface area contributed by atoms with Gasteiger partial charge in [-0.2, -0.15) is 0 Å². The van der Waals surface area contributed by atoms with E-state index in [9.17, 15) is 4.79 Å². The first-order valence-electron chi connectivity index (χ1n) is 9.06. The molecule has 0 N–H and O–H groups in total. The van der Waals surface area contributed by atoms with Crippen LogP contribution in [0.3, 0.4) is 0 Å². The van der Waals surface area contributed by atoms with Gasteiger partial charge in [-0.15, -0.1) is 0 Å². The van der Waals surface area contributed by atoms with Crippen LogP contribution in [0.5, 0.6) is 0 Å². The third-order valence-corrected chi connectivity index (χ3v) is 5.58. The van der Waals surface area contributed by atoms with Gasteiger partial charge in [-0.05, 0) is 20.4 Å². The molecule has 4 rings (SSSR count). The number of benzene rings is 1. The predicted octanol–water partition coefficient (Wildman–Crippen LogP) is 2.96. The van der Waals surface area contributed by atoms with Gasteiger partial charge in [-0.25, -0.2) is 0 Å². The molecule has 0 amide bonds. The Morgan fingerprint density at radius 2 is 1.92 bits per heavy atom. The van der Waals surface area contributed by atoms with Crippen LogP contribution in [0, 0.1) is 0 Å². The minimum atomic E-state index is -1.05. The molecule has 0 unspecified atom stereocenters. The van der Waals surface area contributed by atoms with Crippen LogP contribution in [0.15, 0.2) is 41.7 Å². The van der Waals surface area contributed by atoms with E-state index in [1.807, 2.05) is 37.3 Å². The number of allylic oxidation sites excluding steroid dienone is 1. The van der Waals surface area contributed by atoms with Gasteiger partial charge in [0.25, 0.3) is 5.79 Å². The van der Waals surface area contributed by atoms with Gasteiger partial charge in [-0.3, -0.25) is 4.79 Å². The van der Waals surface area contributed by atoms with E-state index in [2.05, 4.69) is 11.8 Å². The number of Topliss-reactive ketones (excluding diaryl/α,β-unsaturated/α-hetero) is 1. The maximum atomic E-state index is 12.3. The highest BCUT2D eigenvalue weighted by atomic mass is 16.8. The fraction of sp³-hybridized carbons (Fsp3) is 0.550. The first-order chi connectivity index (χ1) is 12.0. The van der Waals surface area contributed by atoms with E-state index in [4.69, 9.17) is 14.2 Å². The monoisotopic (exact) mass is 343 g/mol. The zero-order chi connectivity index (χ0) is 17.7. The van der Waals surface area contributed by atoms with E-state index in [-0.39, 0.29) is 5.78 Å². The fourth-order valence-corrected chi connectivity index (χ4v) is 4.24. The molecule has 0 bridgehead atoms. The SMILES string of the molecule is CCN1CCC2(CC1)O[C@H]1C(C(C)=O)=C(C)O[C@@]1(c1ccccc1)O2. The molecule has 0 saturated carbocycles. The molecule has 2 fully saturated rings. The van der Waals surface area contributed by atoms with Gasteiger partial charge in [0.15, 0.2) is 17.7 Å². The number of likely N-dealkylation sites (tertiary alicyclic amines) is 1. The summed E-state index contributed by atoms with van der Waals surface area (Å²) in [5.74, 6) is -1.16. The number of nitrogens with zero attached hydrogens (tertiary/aromatic N) is 1. The van der Waals surface area contributed by atoms with Gasteiger partial charge in [-0.1, -0.05) is 37.3 Å². The molecular formula is C20H25NO4. The number of hydrogen-bond donors (Lipinski definition) is 0. The zero-order valence-corrected chi connectivity index (χ0v) is 15.1. The average molecular weight is 343 g/mol. The summed E-state index contributed by atoms with van der Waals surface area (Å²) < 4.78 is 19.2. The van der Waals surface area contributed by atoms with E-state index in [0.717, 1.165) is 38.0 Å². The first-order valence-corrected chi connectivity index (χ1v) is 9.06. The molecule has 3 aliphatic heterocycles. The van der Waals surface area contributed by atoms with Gasteiger partial charge in [0.2, 0.25) is 0 Å². The van der Waals surface area contributed by atoms with Crippen molar-refractivity contribution in [3.8, 4) is 0 Å². The van der Waals surface area contributed by atoms with Crippen molar-refractivity contribution < 1.29 is 19.0 Å². The van der Waals surface area contributed by atoms with Crippen LogP contribution in [0.4, 0.5) is 0 Å². The molecule has 134 valence electrons. The van der Waals surface area contributed by atoms with Crippen molar-refractivity contribution in [2.75, 3.05) is 19.6 Å². The third-order valence-electron chi connectivity index (χ3n) is 5.58. The van der Waals surface area contributed by atoms with Gasteiger partial charge < -0.3 is 19.1 Å². The van der Waals surface area contributed by atoms with Gasteiger partial charge in [0.05, 0.1) is 5.57 Å². The predicted molar refractivity (Wildman–Crippen MR) is 92.6 cm³/mol. The maximum absolute atomic E-state index is 12.3. The van der Waals surface area contributed by atoms with Crippen LogP contribution in [0.1, 0.15) is 39.2 Å². The Balaban J connectivity index is 1.73. The molecular weight excluding hydrogens is 318 g/mol. The molecule has 0 aliphatic carbocycles. The van der Waals surface area contributed by atoms with Crippen LogP contribution in [0.2, 0.25) is 0 Å². The second-order valence-electron chi connectivity index (χ2n) is 7.11. The van der Waals surface area contributed by atoms with Crippen LogP contribution < -0.4 is 0 Å². The lowest BCUT2D eigenvalue weighted by molar-refractivity contribution is -0.270. The van der Waals surface area contributed by atoms with Crippen LogP contribution in [0.25, 0.3) is 0 Å². The Morgan fingerprint density at radius 3 is 2.52 bits per heavy atom. The number of carbonyl (C=O) groups is 1. The quantitative estimate of drug-likeness (QED) is 0.844. The van der Waals surface area contributed by atoms with E-state index >= 15 is 0 Å². The molecule has 0 radical (unpaired) electrons. The lowest BCUT2D eigenvalue weighted by Gasteiger charge is -2.38. The number of fused-ring (bicyclic) bond motifs is 1. The highest BCUT2D eigenvalue weighted by molar-refractivity contribution is 5.95. The number of piperidine rings is 1. The summed E-state index contributed by atoms with van der Waals surface area (Å²) >= 11 is 0. The standard InChI is InChI=1S/C20H25NO4/c1-4-21-12-10-19(11-13-21)24-18-17(14(2)22)15(3)23-20(18,25-19)16-8-6-5-7-9-16/h5-9,18H,4,10-13H2,1-3H3/t18-,20-/m0/s1. The van der Waals surface area contributed by atoms with Crippen molar-refractivity contribution in [1.82, 2.24) is 4.90 Å². The highest BCUT2D eigenvalue weighted by Gasteiger charge is 2.65. The molecule has 25 heavy (non-hydrogen) atoms. The summed E-state index contributed by atoms with van der Waals surface area (Å²) in [6, 6.07) is 9.83. The molecule has 2 atom stereocenters. The second kappa shape index (κ2) is 5.94. The van der Waals surface area contributed by atoms with Crippen molar-refractivity contribution >= 4 is 5.78 Å². The zero-order valence-electron chi connectivity index (χ0n) is 15.1. The topological polar surface area (TPSA) is 48.0 Å². The number of hydrogen-bond acceptors (Lipinski definition) is 5. The largest absolute Gasteiger partial charge is 0.459 e. The lowest BCUT2D eigenvalue weighted by Crippen LogP contribution is -2.46. The Morgan fingerprint density at radius 1 is 1.24 bits per heavy atom. The summed E-state index contributed by atoms with van der Waals surface area (Å²) in [6.07, 6.45) is 1.04. The number of ether oxygens (including phenoxy) is 3. The number of rotatable bonds is 3. The molecule has 3 aliphatic rings. The summed E-state index contributed by atoms with van der Waals surface area (Å²) in [5, 5.41) is 0. The van der Waals surface area contributed by atoms with E-state index in [0.29, 0.717) is 11.3 Å². The summed E-state index contributed by atoms with van der Waals surface area (Å²) in [5.41, 5.74) is 1.49. The van der Waals surface area contributed by atoms with Gasteiger partial charge in [0.1, 0.15) is 5.76 Å². The normalized spacial score (nSPS) is 31.2. The van der Waals surface area contributed by atoms with E-state index in [1.54, 1.807) is 6.92 Å². The molecule has 2 saturated heterocycles. The van der Waals surface area contributed by atoms with Gasteiger partial charge >= 0.3 is 0 Å². The fourth-order valence-electron chi connectivity index (χ4n) is 4.24. The van der Waals surface area contributed by atoms with Crippen LogP contribution in [-0.2, 0) is 24.8 Å². The Labute approximate surface area is 148 Å². The van der Waals surface area contributed by atoms with Crippen molar-refractivity contribution in [3.05, 3.63) is 47.2 Å². The Bertz CT molecular complexity index is 706. The second-order valence-corrected chi connectivity index (χ2v) is 7.11. The highest BCUT2D eigenvalue weighted by Crippen LogP contribution is 2.55. The molecule has 1 aromatic rings. The molecule has 5 heteroatoms. The average Bonchev–Trinajstić information content (AvgIpc) is 3.05. The van der Waals surface area contributed by atoms with Crippen molar-refractivity contribution in [3.63, 3.8) is 0 Å². The number of ketones is 1. The molecule has 5 nitrogen and oxygen atoms in total. The molecule has 1 aromatic carbocycles. The van der Waals surface area contributed by atoms with Gasteiger partial charge in [0, 0.05) is 31.5 Å². The van der Waals surface area contributed by atoms with E-state index < -0.39 is 17.7 Å². The minimum absolute atomic E-state index is 0.0213. The summed E-state index contributed by atoms with van der Waals surface area (Å²) in [6.45, 7) is 8.42. The van der Waals surface area contributed by atoms with Crippen molar-refractivity contribution in [2.24, 2.45) is 0 Å². The maximum Gasteiger partial charge on any atom is 0.270 e. The van der Waals surface area contributed by atoms with E-state index in [1.165, 1.54) is 0 Å². The van der Waals surface area contributed by atoms with Crippen molar-refractivity contribution in [2.45, 2.75) is 51.3 Å². The first kappa shape index (κ1) is 16.8. The van der Waals surface area contributed by atoms with Crippen LogP contribution >= 0.6 is 0 Å².